The standard InChI is InChI=1S/C16H18N2O4/c1-22-13(19)11-4-2-3-5-12(11)18-15(21)16(8-9-16)14(20)17-10-6-7-10/h2-5,10H,6-9H2,1H3,(H,17,20)(H,18,21). The molecular weight excluding hydrogens is 284 g/mol. The molecule has 6 heteroatoms. The first-order chi connectivity index (χ1) is 10.6. The minimum absolute atomic E-state index is 0.206. The first kappa shape index (κ1) is 14.6. The van der Waals surface area contributed by atoms with Crippen molar-refractivity contribution in [2.24, 2.45) is 5.41 Å². The maximum absolute atomic E-state index is 12.5. The third-order valence-electron chi connectivity index (χ3n) is 4.11. The van der Waals surface area contributed by atoms with Crippen molar-refractivity contribution in [2.75, 3.05) is 12.4 Å². The van der Waals surface area contributed by atoms with Gasteiger partial charge < -0.3 is 15.4 Å². The van der Waals surface area contributed by atoms with E-state index in [4.69, 9.17) is 4.74 Å². The maximum Gasteiger partial charge on any atom is 0.339 e. The summed E-state index contributed by atoms with van der Waals surface area (Å²) in [5.41, 5.74) is -0.340. The molecule has 1 aromatic carbocycles. The number of hydrogen-bond acceptors (Lipinski definition) is 4. The Morgan fingerprint density at radius 2 is 1.82 bits per heavy atom. The van der Waals surface area contributed by atoms with Gasteiger partial charge in [0.2, 0.25) is 11.8 Å². The smallest absolute Gasteiger partial charge is 0.339 e. The van der Waals surface area contributed by atoms with Crippen LogP contribution >= 0.6 is 0 Å². The highest BCUT2D eigenvalue weighted by Gasteiger charge is 2.57. The summed E-state index contributed by atoms with van der Waals surface area (Å²) in [7, 11) is 1.28. The lowest BCUT2D eigenvalue weighted by Crippen LogP contribution is -2.41. The van der Waals surface area contributed by atoms with Crippen molar-refractivity contribution in [1.29, 1.82) is 0 Å². The molecule has 6 nitrogen and oxygen atoms in total. The Balaban J connectivity index is 1.74. The number of carbonyl (C=O) groups excluding carboxylic acids is 3. The lowest BCUT2D eigenvalue weighted by atomic mass is 10.0. The molecule has 0 aliphatic heterocycles. The zero-order valence-corrected chi connectivity index (χ0v) is 12.3. The number of hydrogen-bond donors (Lipinski definition) is 2. The molecule has 0 saturated heterocycles. The summed E-state index contributed by atoms with van der Waals surface area (Å²) in [6, 6.07) is 6.82. The van der Waals surface area contributed by atoms with E-state index in [9.17, 15) is 14.4 Å². The van der Waals surface area contributed by atoms with Crippen LogP contribution in [0.25, 0.3) is 0 Å². The molecule has 2 N–H and O–H groups in total. The maximum atomic E-state index is 12.5. The monoisotopic (exact) mass is 302 g/mol. The number of para-hydroxylation sites is 1. The van der Waals surface area contributed by atoms with Gasteiger partial charge in [-0.3, -0.25) is 9.59 Å². The van der Waals surface area contributed by atoms with Crippen molar-refractivity contribution < 1.29 is 19.1 Å². The van der Waals surface area contributed by atoms with E-state index in [2.05, 4.69) is 10.6 Å². The van der Waals surface area contributed by atoms with Crippen LogP contribution in [0.2, 0.25) is 0 Å². The van der Waals surface area contributed by atoms with Crippen molar-refractivity contribution in [1.82, 2.24) is 5.32 Å². The largest absolute Gasteiger partial charge is 0.465 e. The molecule has 22 heavy (non-hydrogen) atoms. The molecule has 2 aliphatic rings. The average molecular weight is 302 g/mol. The third kappa shape index (κ3) is 2.68. The Labute approximate surface area is 128 Å². The molecule has 0 heterocycles. The minimum atomic E-state index is -0.980. The number of nitrogens with one attached hydrogen (secondary N) is 2. The number of anilines is 1. The number of rotatable bonds is 5. The van der Waals surface area contributed by atoms with E-state index >= 15 is 0 Å². The SMILES string of the molecule is COC(=O)c1ccccc1NC(=O)C1(C(=O)NC2CC2)CC1. The van der Waals surface area contributed by atoms with E-state index in [0.717, 1.165) is 12.8 Å². The van der Waals surface area contributed by atoms with E-state index in [1.54, 1.807) is 24.3 Å². The molecule has 2 saturated carbocycles. The van der Waals surface area contributed by atoms with E-state index in [-0.39, 0.29) is 23.4 Å². The minimum Gasteiger partial charge on any atom is -0.465 e. The lowest BCUT2D eigenvalue weighted by Gasteiger charge is -2.16. The summed E-state index contributed by atoms with van der Waals surface area (Å²) in [6.07, 6.45) is 3.04. The number of carbonyl (C=O) groups is 3. The van der Waals surface area contributed by atoms with Crippen molar-refractivity contribution in [3.63, 3.8) is 0 Å². The molecule has 0 aromatic heterocycles. The number of amides is 2. The zero-order chi connectivity index (χ0) is 15.7. The summed E-state index contributed by atoms with van der Waals surface area (Å²) < 4.78 is 4.70. The fourth-order valence-electron chi connectivity index (χ4n) is 2.36. The zero-order valence-electron chi connectivity index (χ0n) is 12.3. The number of esters is 1. The van der Waals surface area contributed by atoms with Gasteiger partial charge in [-0.2, -0.15) is 0 Å². The molecule has 0 spiro atoms. The normalized spacial score (nSPS) is 18.2. The molecule has 0 radical (unpaired) electrons. The molecule has 0 atom stereocenters. The number of methoxy groups -OCH3 is 1. The van der Waals surface area contributed by atoms with E-state index in [0.29, 0.717) is 18.5 Å². The van der Waals surface area contributed by atoms with Crippen molar-refractivity contribution in [2.45, 2.75) is 31.7 Å². The first-order valence-corrected chi connectivity index (χ1v) is 7.36. The van der Waals surface area contributed by atoms with Crippen LogP contribution < -0.4 is 10.6 Å². The third-order valence-corrected chi connectivity index (χ3v) is 4.11. The van der Waals surface area contributed by atoms with Crippen LogP contribution in [0.1, 0.15) is 36.0 Å². The summed E-state index contributed by atoms with van der Waals surface area (Å²) in [4.78, 5) is 36.4. The van der Waals surface area contributed by atoms with Crippen molar-refractivity contribution in [3.8, 4) is 0 Å². The second-order valence-corrected chi connectivity index (χ2v) is 5.82. The quantitative estimate of drug-likeness (QED) is 0.637. The molecule has 1 aromatic rings. The van der Waals surface area contributed by atoms with Crippen molar-refractivity contribution >= 4 is 23.5 Å². The molecule has 0 unspecified atom stereocenters. The van der Waals surface area contributed by atoms with Gasteiger partial charge in [0.05, 0.1) is 18.4 Å². The Morgan fingerprint density at radius 3 is 2.41 bits per heavy atom. The molecule has 3 rings (SSSR count). The van der Waals surface area contributed by atoms with Crippen LogP contribution in [0.5, 0.6) is 0 Å². The van der Waals surface area contributed by atoms with Gasteiger partial charge in [0.15, 0.2) is 0 Å². The molecule has 0 bridgehead atoms. The van der Waals surface area contributed by atoms with Gasteiger partial charge in [-0.15, -0.1) is 0 Å². The van der Waals surface area contributed by atoms with Crippen molar-refractivity contribution in [3.05, 3.63) is 29.8 Å². The van der Waals surface area contributed by atoms with Gasteiger partial charge in [0.25, 0.3) is 0 Å². The van der Waals surface area contributed by atoms with Gasteiger partial charge in [-0.25, -0.2) is 4.79 Å². The van der Waals surface area contributed by atoms with E-state index in [1.165, 1.54) is 7.11 Å². The lowest BCUT2D eigenvalue weighted by molar-refractivity contribution is -0.134. The fraction of sp³-hybridized carbons (Fsp3) is 0.438. The highest BCUT2D eigenvalue weighted by molar-refractivity contribution is 6.14. The Morgan fingerprint density at radius 1 is 1.14 bits per heavy atom. The van der Waals surface area contributed by atoms with Gasteiger partial charge in [0.1, 0.15) is 5.41 Å². The van der Waals surface area contributed by atoms with Gasteiger partial charge >= 0.3 is 5.97 Å². The second kappa shape index (κ2) is 5.44. The number of benzene rings is 1. The van der Waals surface area contributed by atoms with Crippen LogP contribution in [-0.2, 0) is 14.3 Å². The highest BCUT2D eigenvalue weighted by Crippen LogP contribution is 2.47. The average Bonchev–Trinajstić information content (AvgIpc) is 3.40. The molecule has 2 amide bonds. The first-order valence-electron chi connectivity index (χ1n) is 7.36. The predicted octanol–water partition coefficient (Wildman–Crippen LogP) is 1.47. The Kier molecular flexibility index (Phi) is 3.60. The van der Waals surface area contributed by atoms with Crippen LogP contribution in [0.3, 0.4) is 0 Å². The summed E-state index contributed by atoms with van der Waals surface area (Å²) in [6.45, 7) is 0. The van der Waals surface area contributed by atoms with Gasteiger partial charge in [-0.05, 0) is 37.8 Å². The van der Waals surface area contributed by atoms with Crippen LogP contribution in [-0.4, -0.2) is 30.9 Å². The van der Waals surface area contributed by atoms with E-state index < -0.39 is 11.4 Å². The second-order valence-electron chi connectivity index (χ2n) is 5.82. The van der Waals surface area contributed by atoms with Crippen LogP contribution in [0.4, 0.5) is 5.69 Å². The molecule has 116 valence electrons. The van der Waals surface area contributed by atoms with E-state index in [1.807, 2.05) is 0 Å². The number of ether oxygens (including phenoxy) is 1. The summed E-state index contributed by atoms with van der Waals surface area (Å²) >= 11 is 0. The topological polar surface area (TPSA) is 84.5 Å². The van der Waals surface area contributed by atoms with Gasteiger partial charge in [0, 0.05) is 6.04 Å². The summed E-state index contributed by atoms with van der Waals surface area (Å²) in [5.74, 6) is -1.09. The molecule has 2 aliphatic carbocycles. The Bertz CT molecular complexity index is 633. The Hall–Kier alpha value is -2.37. The summed E-state index contributed by atoms with van der Waals surface area (Å²) in [5, 5.41) is 5.58. The molecular formula is C16H18N2O4. The fourth-order valence-corrected chi connectivity index (χ4v) is 2.36. The highest BCUT2D eigenvalue weighted by atomic mass is 16.5. The molecule has 2 fully saturated rings. The van der Waals surface area contributed by atoms with Crippen LogP contribution in [0.15, 0.2) is 24.3 Å². The predicted molar refractivity (Wildman–Crippen MR) is 79.2 cm³/mol. The van der Waals surface area contributed by atoms with Crippen LogP contribution in [0, 0.1) is 5.41 Å². The van der Waals surface area contributed by atoms with Gasteiger partial charge in [-0.1, -0.05) is 12.1 Å².